The Kier molecular flexibility index (Phi) is 4.80. The van der Waals surface area contributed by atoms with Gasteiger partial charge >= 0.3 is 0 Å². The summed E-state index contributed by atoms with van der Waals surface area (Å²) >= 11 is 0. The van der Waals surface area contributed by atoms with E-state index < -0.39 is 0 Å². The molecular formula is C15H23N3O. The average molecular weight is 261 g/mol. The maximum absolute atomic E-state index is 11.0. The van der Waals surface area contributed by atoms with E-state index in [0.717, 1.165) is 30.0 Å². The quantitative estimate of drug-likeness (QED) is 0.780. The predicted octanol–water partition coefficient (Wildman–Crippen LogP) is 2.51. The summed E-state index contributed by atoms with van der Waals surface area (Å²) in [5.41, 5.74) is 3.07. The summed E-state index contributed by atoms with van der Waals surface area (Å²) in [7, 11) is 0. The van der Waals surface area contributed by atoms with Crippen LogP contribution in [0, 0.1) is 6.92 Å². The fourth-order valence-corrected chi connectivity index (χ4v) is 2.44. The molecule has 1 aromatic carbocycles. The van der Waals surface area contributed by atoms with Crippen LogP contribution in [0.1, 0.15) is 31.7 Å². The van der Waals surface area contributed by atoms with Gasteiger partial charge in [0.2, 0.25) is 5.91 Å². The Morgan fingerprint density at radius 1 is 1.42 bits per heavy atom. The minimum absolute atomic E-state index is 0.0322. The Morgan fingerprint density at radius 3 is 2.89 bits per heavy atom. The molecule has 0 bridgehead atoms. The molecule has 0 aliphatic carbocycles. The van der Waals surface area contributed by atoms with E-state index in [4.69, 9.17) is 0 Å². The van der Waals surface area contributed by atoms with E-state index in [1.54, 1.807) is 0 Å². The van der Waals surface area contributed by atoms with E-state index in [1.165, 1.54) is 26.2 Å². The maximum atomic E-state index is 11.0. The van der Waals surface area contributed by atoms with Crippen LogP contribution in [0.3, 0.4) is 0 Å². The SMILES string of the molecule is CC(=O)Nc1ccc(NCC2CCCCN2)cc1C. The highest BCUT2D eigenvalue weighted by molar-refractivity contribution is 5.89. The van der Waals surface area contributed by atoms with Gasteiger partial charge in [0.1, 0.15) is 0 Å². The smallest absolute Gasteiger partial charge is 0.221 e. The van der Waals surface area contributed by atoms with Crippen molar-refractivity contribution < 1.29 is 4.79 Å². The van der Waals surface area contributed by atoms with Crippen molar-refractivity contribution in [3.8, 4) is 0 Å². The predicted molar refractivity (Wildman–Crippen MR) is 79.6 cm³/mol. The Morgan fingerprint density at radius 2 is 2.26 bits per heavy atom. The van der Waals surface area contributed by atoms with Gasteiger partial charge in [0.15, 0.2) is 0 Å². The van der Waals surface area contributed by atoms with Gasteiger partial charge in [-0.25, -0.2) is 0 Å². The van der Waals surface area contributed by atoms with E-state index in [9.17, 15) is 4.79 Å². The van der Waals surface area contributed by atoms with Crippen LogP contribution in [0.25, 0.3) is 0 Å². The van der Waals surface area contributed by atoms with Crippen LogP contribution in [-0.2, 0) is 4.79 Å². The second-order valence-corrected chi connectivity index (χ2v) is 5.24. The van der Waals surface area contributed by atoms with Crippen molar-refractivity contribution in [3.63, 3.8) is 0 Å². The zero-order valence-corrected chi connectivity index (χ0v) is 11.8. The lowest BCUT2D eigenvalue weighted by molar-refractivity contribution is -0.114. The van der Waals surface area contributed by atoms with Crippen LogP contribution < -0.4 is 16.0 Å². The molecular weight excluding hydrogens is 238 g/mol. The normalized spacial score (nSPS) is 18.9. The van der Waals surface area contributed by atoms with Gasteiger partial charge in [-0.15, -0.1) is 0 Å². The van der Waals surface area contributed by atoms with E-state index >= 15 is 0 Å². The molecule has 1 heterocycles. The van der Waals surface area contributed by atoms with Gasteiger partial charge < -0.3 is 16.0 Å². The number of nitrogens with one attached hydrogen (secondary N) is 3. The van der Waals surface area contributed by atoms with Crippen LogP contribution >= 0.6 is 0 Å². The third kappa shape index (κ3) is 4.24. The number of hydrogen-bond acceptors (Lipinski definition) is 3. The molecule has 0 spiro atoms. The van der Waals surface area contributed by atoms with Gasteiger partial charge in [0.05, 0.1) is 0 Å². The van der Waals surface area contributed by atoms with Crippen LogP contribution in [0.2, 0.25) is 0 Å². The van der Waals surface area contributed by atoms with Gasteiger partial charge in [-0.2, -0.15) is 0 Å². The third-order valence-electron chi connectivity index (χ3n) is 3.50. The lowest BCUT2D eigenvalue weighted by atomic mass is 10.0. The largest absolute Gasteiger partial charge is 0.383 e. The lowest BCUT2D eigenvalue weighted by Gasteiger charge is -2.24. The number of anilines is 2. The molecule has 0 saturated carbocycles. The minimum atomic E-state index is -0.0322. The van der Waals surface area contributed by atoms with Crippen molar-refractivity contribution >= 4 is 17.3 Å². The fraction of sp³-hybridized carbons (Fsp3) is 0.533. The Labute approximate surface area is 115 Å². The highest BCUT2D eigenvalue weighted by Gasteiger charge is 2.11. The van der Waals surface area contributed by atoms with Gasteiger partial charge in [-0.3, -0.25) is 4.79 Å². The molecule has 1 saturated heterocycles. The maximum Gasteiger partial charge on any atom is 0.221 e. The van der Waals surface area contributed by atoms with Gasteiger partial charge in [-0.05, 0) is 50.1 Å². The monoisotopic (exact) mass is 261 g/mol. The number of benzene rings is 1. The Bertz CT molecular complexity index is 439. The average Bonchev–Trinajstić information content (AvgIpc) is 2.40. The van der Waals surface area contributed by atoms with Crippen molar-refractivity contribution in [2.24, 2.45) is 0 Å². The van der Waals surface area contributed by atoms with Gasteiger partial charge in [0.25, 0.3) is 0 Å². The zero-order valence-electron chi connectivity index (χ0n) is 11.8. The van der Waals surface area contributed by atoms with Crippen molar-refractivity contribution in [2.45, 2.75) is 39.2 Å². The number of rotatable bonds is 4. The van der Waals surface area contributed by atoms with Gasteiger partial charge in [-0.1, -0.05) is 6.42 Å². The third-order valence-corrected chi connectivity index (χ3v) is 3.50. The molecule has 1 aromatic rings. The summed E-state index contributed by atoms with van der Waals surface area (Å²) in [5.74, 6) is -0.0322. The van der Waals surface area contributed by atoms with Crippen molar-refractivity contribution in [1.29, 1.82) is 0 Å². The molecule has 0 radical (unpaired) electrons. The molecule has 4 nitrogen and oxygen atoms in total. The summed E-state index contributed by atoms with van der Waals surface area (Å²) in [6.07, 6.45) is 3.86. The fourth-order valence-electron chi connectivity index (χ4n) is 2.44. The van der Waals surface area contributed by atoms with Crippen LogP contribution in [-0.4, -0.2) is 25.0 Å². The zero-order chi connectivity index (χ0) is 13.7. The summed E-state index contributed by atoms with van der Waals surface area (Å²) < 4.78 is 0. The molecule has 1 amide bonds. The highest BCUT2D eigenvalue weighted by Crippen LogP contribution is 2.20. The second-order valence-electron chi connectivity index (χ2n) is 5.24. The summed E-state index contributed by atoms with van der Waals surface area (Å²) in [5, 5.41) is 9.81. The lowest BCUT2D eigenvalue weighted by Crippen LogP contribution is -2.39. The topological polar surface area (TPSA) is 53.2 Å². The van der Waals surface area contributed by atoms with E-state index in [1.807, 2.05) is 19.1 Å². The first-order valence-corrected chi connectivity index (χ1v) is 7.00. The first-order valence-electron chi connectivity index (χ1n) is 7.00. The van der Waals surface area contributed by atoms with Crippen LogP contribution in [0.5, 0.6) is 0 Å². The molecule has 1 unspecified atom stereocenters. The molecule has 1 atom stereocenters. The molecule has 0 aromatic heterocycles. The number of amides is 1. The summed E-state index contributed by atoms with van der Waals surface area (Å²) in [6.45, 7) is 5.63. The number of hydrogen-bond donors (Lipinski definition) is 3. The molecule has 2 rings (SSSR count). The van der Waals surface area contributed by atoms with Crippen molar-refractivity contribution in [3.05, 3.63) is 23.8 Å². The molecule has 1 aliphatic heterocycles. The molecule has 104 valence electrons. The first kappa shape index (κ1) is 13.9. The van der Waals surface area contributed by atoms with Gasteiger partial charge in [0, 0.05) is 30.9 Å². The Balaban J connectivity index is 1.90. The molecule has 4 heteroatoms. The van der Waals surface area contributed by atoms with E-state index in [2.05, 4.69) is 22.0 Å². The summed E-state index contributed by atoms with van der Waals surface area (Å²) in [6, 6.07) is 6.62. The minimum Gasteiger partial charge on any atom is -0.383 e. The van der Waals surface area contributed by atoms with Crippen molar-refractivity contribution in [2.75, 3.05) is 23.7 Å². The first-order chi connectivity index (χ1) is 9.15. The summed E-state index contributed by atoms with van der Waals surface area (Å²) in [4.78, 5) is 11.0. The number of aryl methyl sites for hydroxylation is 1. The Hall–Kier alpha value is -1.55. The molecule has 19 heavy (non-hydrogen) atoms. The number of carbonyl (C=O) groups is 1. The standard InChI is InChI=1S/C15H23N3O/c1-11-9-13(6-7-15(11)18-12(2)19)17-10-14-5-3-4-8-16-14/h6-7,9,14,16-17H,3-5,8,10H2,1-2H3,(H,18,19). The van der Waals surface area contributed by atoms with E-state index in [-0.39, 0.29) is 5.91 Å². The number of piperidine rings is 1. The van der Waals surface area contributed by atoms with Crippen molar-refractivity contribution in [1.82, 2.24) is 5.32 Å². The van der Waals surface area contributed by atoms with Crippen LogP contribution in [0.15, 0.2) is 18.2 Å². The van der Waals surface area contributed by atoms with E-state index in [0.29, 0.717) is 6.04 Å². The molecule has 1 aliphatic rings. The highest BCUT2D eigenvalue weighted by atomic mass is 16.1. The number of carbonyl (C=O) groups excluding carboxylic acids is 1. The molecule has 3 N–H and O–H groups in total. The molecule has 1 fully saturated rings. The second kappa shape index (κ2) is 6.57. The van der Waals surface area contributed by atoms with Crippen LogP contribution in [0.4, 0.5) is 11.4 Å².